The van der Waals surface area contributed by atoms with Crippen LogP contribution in [0.25, 0.3) is 0 Å². The van der Waals surface area contributed by atoms with Crippen LogP contribution in [0.4, 0.5) is 10.1 Å². The van der Waals surface area contributed by atoms with E-state index in [2.05, 4.69) is 10.6 Å². The predicted molar refractivity (Wildman–Crippen MR) is 134 cm³/mol. The third kappa shape index (κ3) is 5.48. The summed E-state index contributed by atoms with van der Waals surface area (Å²) in [5.41, 5.74) is 0.637. The van der Waals surface area contributed by atoms with Crippen molar-refractivity contribution >= 4 is 46.6 Å². The molecule has 0 aromatic heterocycles. The number of Topliss-reactive ketones (excluding diaryl/α,β-unsaturated/α-hetero) is 1. The van der Waals surface area contributed by atoms with Crippen molar-refractivity contribution in [2.24, 2.45) is 5.92 Å². The number of rotatable bonds is 9. The fraction of sp³-hybridized carbons (Fsp3) is 0.346. The fourth-order valence-corrected chi connectivity index (χ4v) is 4.83. The molecule has 0 spiro atoms. The predicted octanol–water partition coefficient (Wildman–Crippen LogP) is 2.94. The third-order valence-corrected chi connectivity index (χ3v) is 6.96. The number of hydrogen-bond acceptors (Lipinski definition) is 7. The van der Waals surface area contributed by atoms with Crippen LogP contribution in [-0.2, 0) is 25.7 Å². The summed E-state index contributed by atoms with van der Waals surface area (Å²) in [5.74, 6) is -2.19. The molecule has 1 aliphatic carbocycles. The number of carbonyl (C=O) groups is 4. The molecular formula is C26H26ClFN4O5. The van der Waals surface area contributed by atoms with Crippen LogP contribution in [0.2, 0.25) is 5.02 Å². The number of anilines is 1. The Morgan fingerprint density at radius 2 is 1.95 bits per heavy atom. The summed E-state index contributed by atoms with van der Waals surface area (Å²) < 4.78 is 18.9. The zero-order chi connectivity index (χ0) is 26.9. The van der Waals surface area contributed by atoms with Crippen molar-refractivity contribution in [1.29, 1.82) is 5.41 Å². The quantitative estimate of drug-likeness (QED) is 0.339. The van der Waals surface area contributed by atoms with Crippen LogP contribution in [0.1, 0.15) is 41.3 Å². The standard InChI is InChI=1S/C26H26ClFN4O5/c1-13(33)24(29)17-7-6-14(26(36)37-2)8-19(17)30-12-22(34)32-20-9-16(20)10-21(32)25(35)31-11-15-4-3-5-18(27)23(15)28/h3-8,16,20-21,29-30H,9-12H2,1-2H3,(H,31,35)/t16-,20-,21+/m1/s1. The van der Waals surface area contributed by atoms with Crippen LogP contribution in [0.5, 0.6) is 0 Å². The first kappa shape index (κ1) is 26.3. The lowest BCUT2D eigenvalue weighted by atomic mass is 10.0. The molecule has 2 fully saturated rings. The van der Waals surface area contributed by atoms with Gasteiger partial charge in [-0.2, -0.15) is 0 Å². The summed E-state index contributed by atoms with van der Waals surface area (Å²) in [6, 6.07) is 8.09. The van der Waals surface area contributed by atoms with Crippen LogP contribution in [0.3, 0.4) is 0 Å². The number of carbonyl (C=O) groups excluding carboxylic acids is 4. The van der Waals surface area contributed by atoms with E-state index in [-0.39, 0.29) is 70.0 Å². The minimum Gasteiger partial charge on any atom is -0.465 e. The Morgan fingerprint density at radius 1 is 1.19 bits per heavy atom. The second-order valence-corrected chi connectivity index (χ2v) is 9.49. The van der Waals surface area contributed by atoms with Crippen molar-refractivity contribution in [2.45, 2.75) is 38.4 Å². The van der Waals surface area contributed by atoms with E-state index in [0.717, 1.165) is 6.42 Å². The Bertz CT molecular complexity index is 1300. The van der Waals surface area contributed by atoms with Crippen LogP contribution in [0.15, 0.2) is 36.4 Å². The lowest BCUT2D eigenvalue weighted by Gasteiger charge is -2.27. The maximum atomic E-state index is 14.2. The van der Waals surface area contributed by atoms with Crippen molar-refractivity contribution in [3.05, 3.63) is 63.9 Å². The number of nitrogens with zero attached hydrogens (tertiary/aromatic N) is 1. The van der Waals surface area contributed by atoms with Gasteiger partial charge in [-0.05, 0) is 43.0 Å². The molecule has 0 bridgehead atoms. The van der Waals surface area contributed by atoms with Crippen LogP contribution < -0.4 is 10.6 Å². The molecule has 4 rings (SSSR count). The average Bonchev–Trinajstić information content (AvgIpc) is 3.55. The molecule has 11 heteroatoms. The first-order valence-corrected chi connectivity index (χ1v) is 12.1. The zero-order valence-electron chi connectivity index (χ0n) is 20.3. The smallest absolute Gasteiger partial charge is 0.337 e. The highest BCUT2D eigenvalue weighted by Crippen LogP contribution is 2.47. The highest BCUT2D eigenvalue weighted by Gasteiger charge is 2.55. The maximum Gasteiger partial charge on any atom is 0.337 e. The van der Waals surface area contributed by atoms with Crippen molar-refractivity contribution < 1.29 is 28.3 Å². The molecule has 1 heterocycles. The average molecular weight is 529 g/mol. The lowest BCUT2D eigenvalue weighted by molar-refractivity contribution is -0.138. The number of hydrogen-bond donors (Lipinski definition) is 3. The molecule has 2 aromatic carbocycles. The molecule has 1 saturated heterocycles. The van der Waals surface area contributed by atoms with Gasteiger partial charge < -0.3 is 20.3 Å². The molecule has 194 valence electrons. The lowest BCUT2D eigenvalue weighted by Crippen LogP contribution is -2.49. The van der Waals surface area contributed by atoms with Crippen molar-refractivity contribution in [3.63, 3.8) is 0 Å². The second-order valence-electron chi connectivity index (χ2n) is 9.08. The van der Waals surface area contributed by atoms with Crippen molar-refractivity contribution in [1.82, 2.24) is 10.2 Å². The number of esters is 1. The van der Waals surface area contributed by atoms with Gasteiger partial charge in [0.05, 0.1) is 24.2 Å². The third-order valence-electron chi connectivity index (χ3n) is 6.67. The minimum absolute atomic E-state index is 0.0368. The van der Waals surface area contributed by atoms with Gasteiger partial charge in [-0.1, -0.05) is 23.7 Å². The van der Waals surface area contributed by atoms with E-state index < -0.39 is 23.6 Å². The Morgan fingerprint density at radius 3 is 2.65 bits per heavy atom. The number of ketones is 1. The van der Waals surface area contributed by atoms with E-state index in [1.54, 1.807) is 11.0 Å². The second kappa shape index (κ2) is 10.7. The summed E-state index contributed by atoms with van der Waals surface area (Å²) in [5, 5.41) is 13.7. The summed E-state index contributed by atoms with van der Waals surface area (Å²) in [6.45, 7) is 0.967. The molecule has 37 heavy (non-hydrogen) atoms. The first-order chi connectivity index (χ1) is 17.6. The normalized spacial score (nSPS) is 19.6. The Labute approximate surface area is 217 Å². The van der Waals surface area contributed by atoms with Gasteiger partial charge in [-0.25, -0.2) is 9.18 Å². The molecule has 3 N–H and O–H groups in total. The molecule has 0 radical (unpaired) electrons. The number of methoxy groups -OCH3 is 1. The molecule has 0 unspecified atom stereocenters. The van der Waals surface area contributed by atoms with Crippen LogP contribution in [0, 0.1) is 17.1 Å². The molecule has 1 saturated carbocycles. The largest absolute Gasteiger partial charge is 0.465 e. The van der Waals surface area contributed by atoms with E-state index in [4.69, 9.17) is 21.7 Å². The number of amides is 2. The highest BCUT2D eigenvalue weighted by atomic mass is 35.5. The van der Waals surface area contributed by atoms with Crippen LogP contribution >= 0.6 is 11.6 Å². The molecule has 3 atom stereocenters. The van der Waals surface area contributed by atoms with Gasteiger partial charge in [0, 0.05) is 36.3 Å². The Kier molecular flexibility index (Phi) is 7.58. The van der Waals surface area contributed by atoms with Crippen molar-refractivity contribution in [3.8, 4) is 0 Å². The van der Waals surface area contributed by atoms with Gasteiger partial charge in [0.25, 0.3) is 0 Å². The molecular weight excluding hydrogens is 503 g/mol. The molecule has 2 aliphatic rings. The number of halogens is 2. The summed E-state index contributed by atoms with van der Waals surface area (Å²) >= 11 is 5.81. The monoisotopic (exact) mass is 528 g/mol. The van der Waals surface area contributed by atoms with Gasteiger partial charge in [0.2, 0.25) is 11.8 Å². The summed E-state index contributed by atoms with van der Waals surface area (Å²) in [7, 11) is 1.23. The fourth-order valence-electron chi connectivity index (χ4n) is 4.64. The summed E-state index contributed by atoms with van der Waals surface area (Å²) in [4.78, 5) is 51.5. The first-order valence-electron chi connectivity index (χ1n) is 11.7. The molecule has 2 aromatic rings. The minimum atomic E-state index is -0.698. The Hall–Kier alpha value is -3.79. The number of fused-ring (bicyclic) bond motifs is 1. The van der Waals surface area contributed by atoms with Gasteiger partial charge in [-0.15, -0.1) is 0 Å². The number of piperidine rings is 1. The van der Waals surface area contributed by atoms with Gasteiger partial charge in [-0.3, -0.25) is 19.8 Å². The van der Waals surface area contributed by atoms with Gasteiger partial charge >= 0.3 is 5.97 Å². The Balaban J connectivity index is 1.46. The number of likely N-dealkylation sites (tertiary alicyclic amines) is 1. The van der Waals surface area contributed by atoms with E-state index in [1.807, 2.05) is 0 Å². The van der Waals surface area contributed by atoms with Crippen molar-refractivity contribution in [2.75, 3.05) is 19.0 Å². The van der Waals surface area contributed by atoms with Gasteiger partial charge in [0.1, 0.15) is 17.6 Å². The topological polar surface area (TPSA) is 129 Å². The van der Waals surface area contributed by atoms with E-state index in [9.17, 15) is 23.6 Å². The molecule has 1 aliphatic heterocycles. The zero-order valence-corrected chi connectivity index (χ0v) is 21.0. The maximum absolute atomic E-state index is 14.2. The van der Waals surface area contributed by atoms with Crippen LogP contribution in [-0.4, -0.2) is 59.9 Å². The number of nitrogens with one attached hydrogen (secondary N) is 3. The van der Waals surface area contributed by atoms with E-state index in [1.165, 1.54) is 44.4 Å². The number of ether oxygens (including phenoxy) is 1. The number of benzene rings is 2. The molecule has 2 amide bonds. The summed E-state index contributed by atoms with van der Waals surface area (Å²) in [6.07, 6.45) is 1.31. The van der Waals surface area contributed by atoms with Gasteiger partial charge in [0.15, 0.2) is 5.78 Å². The van der Waals surface area contributed by atoms with E-state index in [0.29, 0.717) is 6.42 Å². The highest BCUT2D eigenvalue weighted by molar-refractivity contribution is 6.45. The SMILES string of the molecule is COC(=O)c1ccc(C(=N)C(C)=O)c(NCC(=O)N2[C@@H]3C[C@@H]3C[C@H]2C(=O)NCc2cccc(Cl)c2F)c1. The molecule has 9 nitrogen and oxygen atoms in total. The van der Waals surface area contributed by atoms with E-state index >= 15 is 0 Å².